The lowest BCUT2D eigenvalue weighted by Gasteiger charge is -2.06. The Kier molecular flexibility index (Phi) is 7.02. The third kappa shape index (κ3) is 5.28. The molecular formula is C8H16N2OS. The zero-order valence-electron chi connectivity index (χ0n) is 7.45. The van der Waals surface area contributed by atoms with E-state index in [0.29, 0.717) is 18.7 Å². The minimum absolute atomic E-state index is 0.0899. The molecule has 12 heavy (non-hydrogen) atoms. The first-order chi connectivity index (χ1) is 5.72. The standard InChI is InChI=1S/C8H16N2OS/c1-8(7-10)12(11)6-4-2-3-5-9/h8H,2-4,6-7,10H2,1H3. The number of rotatable bonds is 6. The van der Waals surface area contributed by atoms with Crippen molar-refractivity contribution in [3.8, 4) is 6.07 Å². The van der Waals surface area contributed by atoms with E-state index in [0.717, 1.165) is 12.8 Å². The molecule has 0 aliphatic rings. The minimum Gasteiger partial charge on any atom is -0.329 e. The van der Waals surface area contributed by atoms with Gasteiger partial charge in [-0.15, -0.1) is 0 Å². The molecule has 0 aromatic rings. The molecule has 4 heteroatoms. The summed E-state index contributed by atoms with van der Waals surface area (Å²) in [7, 11) is -0.803. The lowest BCUT2D eigenvalue weighted by Crippen LogP contribution is -2.23. The van der Waals surface area contributed by atoms with E-state index >= 15 is 0 Å². The minimum atomic E-state index is -0.803. The van der Waals surface area contributed by atoms with Gasteiger partial charge in [-0.2, -0.15) is 5.26 Å². The van der Waals surface area contributed by atoms with Crippen molar-refractivity contribution in [1.29, 1.82) is 5.26 Å². The van der Waals surface area contributed by atoms with Crippen LogP contribution in [0.4, 0.5) is 0 Å². The number of nitriles is 1. The van der Waals surface area contributed by atoms with Gasteiger partial charge in [0.2, 0.25) is 0 Å². The van der Waals surface area contributed by atoms with E-state index in [1.54, 1.807) is 0 Å². The maximum atomic E-state index is 11.3. The van der Waals surface area contributed by atoms with Crippen LogP contribution in [0.25, 0.3) is 0 Å². The Morgan fingerprint density at radius 3 is 2.75 bits per heavy atom. The highest BCUT2D eigenvalue weighted by Gasteiger charge is 2.07. The van der Waals surface area contributed by atoms with Crippen molar-refractivity contribution in [2.75, 3.05) is 12.3 Å². The summed E-state index contributed by atoms with van der Waals surface area (Å²) in [6.45, 7) is 2.37. The number of hydrogen-bond acceptors (Lipinski definition) is 3. The Morgan fingerprint density at radius 1 is 1.58 bits per heavy atom. The van der Waals surface area contributed by atoms with Gasteiger partial charge in [0.1, 0.15) is 0 Å². The molecule has 0 bridgehead atoms. The van der Waals surface area contributed by atoms with Crippen molar-refractivity contribution in [3.05, 3.63) is 0 Å². The summed E-state index contributed by atoms with van der Waals surface area (Å²) in [6, 6.07) is 2.06. The van der Waals surface area contributed by atoms with Crippen LogP contribution in [0.1, 0.15) is 26.2 Å². The molecule has 0 spiro atoms. The molecule has 0 aromatic heterocycles. The smallest absolute Gasteiger partial charge is 0.0621 e. The normalized spacial score (nSPS) is 15.1. The number of nitrogens with two attached hydrogens (primary N) is 1. The maximum absolute atomic E-state index is 11.3. The van der Waals surface area contributed by atoms with Crippen LogP contribution >= 0.6 is 0 Å². The van der Waals surface area contributed by atoms with Crippen LogP contribution in [0, 0.1) is 11.3 Å². The SMILES string of the molecule is CC(CN)S(=O)CCCCC#N. The Morgan fingerprint density at radius 2 is 2.25 bits per heavy atom. The lowest BCUT2D eigenvalue weighted by molar-refractivity contribution is 0.668. The van der Waals surface area contributed by atoms with Crippen molar-refractivity contribution >= 4 is 10.8 Å². The number of hydrogen-bond donors (Lipinski definition) is 1. The van der Waals surface area contributed by atoms with Gasteiger partial charge in [0, 0.05) is 34.8 Å². The molecule has 0 aliphatic carbocycles. The van der Waals surface area contributed by atoms with Crippen LogP contribution < -0.4 is 5.73 Å². The molecule has 0 aliphatic heterocycles. The van der Waals surface area contributed by atoms with Gasteiger partial charge in [-0.1, -0.05) is 0 Å². The topological polar surface area (TPSA) is 66.9 Å². The van der Waals surface area contributed by atoms with Crippen molar-refractivity contribution in [1.82, 2.24) is 0 Å². The third-order valence-electron chi connectivity index (χ3n) is 1.66. The fraction of sp³-hybridized carbons (Fsp3) is 0.875. The average molecular weight is 188 g/mol. The maximum Gasteiger partial charge on any atom is 0.0621 e. The monoisotopic (exact) mass is 188 g/mol. The lowest BCUT2D eigenvalue weighted by atomic mass is 10.3. The highest BCUT2D eigenvalue weighted by molar-refractivity contribution is 7.85. The highest BCUT2D eigenvalue weighted by atomic mass is 32.2. The van der Waals surface area contributed by atoms with Crippen LogP contribution in [-0.2, 0) is 10.8 Å². The molecule has 0 rings (SSSR count). The molecule has 0 saturated carbocycles. The fourth-order valence-electron chi connectivity index (χ4n) is 0.757. The predicted octanol–water partition coefficient (Wildman–Crippen LogP) is 0.776. The van der Waals surface area contributed by atoms with Gasteiger partial charge in [-0.25, -0.2) is 0 Å². The highest BCUT2D eigenvalue weighted by Crippen LogP contribution is 2.00. The second kappa shape index (κ2) is 7.26. The Balaban J connectivity index is 3.39. The van der Waals surface area contributed by atoms with Crippen molar-refractivity contribution in [3.63, 3.8) is 0 Å². The molecule has 0 saturated heterocycles. The second-order valence-corrected chi connectivity index (χ2v) is 4.72. The van der Waals surface area contributed by atoms with E-state index in [1.165, 1.54) is 0 Å². The van der Waals surface area contributed by atoms with E-state index in [4.69, 9.17) is 11.0 Å². The van der Waals surface area contributed by atoms with Gasteiger partial charge < -0.3 is 5.73 Å². The fourth-order valence-corrected chi connectivity index (χ4v) is 1.86. The third-order valence-corrected chi connectivity index (χ3v) is 3.45. The van der Waals surface area contributed by atoms with E-state index in [-0.39, 0.29) is 5.25 Å². The Labute approximate surface area is 76.4 Å². The summed E-state index contributed by atoms with van der Waals surface area (Å²) in [5, 5.41) is 8.33. The van der Waals surface area contributed by atoms with Gasteiger partial charge in [0.25, 0.3) is 0 Å². The van der Waals surface area contributed by atoms with Crippen LogP contribution in [0.3, 0.4) is 0 Å². The van der Waals surface area contributed by atoms with Crippen molar-refractivity contribution < 1.29 is 4.21 Å². The van der Waals surface area contributed by atoms with Crippen LogP contribution in [0.15, 0.2) is 0 Å². The van der Waals surface area contributed by atoms with Crippen LogP contribution in [-0.4, -0.2) is 21.8 Å². The van der Waals surface area contributed by atoms with Gasteiger partial charge in [-0.3, -0.25) is 4.21 Å². The molecule has 70 valence electrons. The van der Waals surface area contributed by atoms with Gasteiger partial charge in [0.15, 0.2) is 0 Å². The summed E-state index contributed by atoms with van der Waals surface area (Å²) in [5.74, 6) is 0.681. The summed E-state index contributed by atoms with van der Waals surface area (Å²) in [6.07, 6.45) is 2.28. The molecule has 3 nitrogen and oxygen atoms in total. The summed E-state index contributed by atoms with van der Waals surface area (Å²) in [4.78, 5) is 0. The van der Waals surface area contributed by atoms with E-state index < -0.39 is 10.8 Å². The Hall–Kier alpha value is -0.400. The second-order valence-electron chi connectivity index (χ2n) is 2.75. The first-order valence-electron chi connectivity index (χ1n) is 4.16. The summed E-state index contributed by atoms with van der Waals surface area (Å²) >= 11 is 0. The van der Waals surface area contributed by atoms with Gasteiger partial charge in [-0.05, 0) is 19.8 Å². The molecule has 0 radical (unpaired) electrons. The number of nitrogens with zero attached hydrogens (tertiary/aromatic N) is 1. The van der Waals surface area contributed by atoms with Gasteiger partial charge in [0.05, 0.1) is 6.07 Å². The van der Waals surface area contributed by atoms with Crippen LogP contribution in [0.2, 0.25) is 0 Å². The quantitative estimate of drug-likeness (QED) is 0.626. The van der Waals surface area contributed by atoms with E-state index in [1.807, 2.05) is 6.92 Å². The predicted molar refractivity (Wildman–Crippen MR) is 51.0 cm³/mol. The molecule has 0 heterocycles. The largest absolute Gasteiger partial charge is 0.329 e. The summed E-state index contributed by atoms with van der Waals surface area (Å²) < 4.78 is 11.3. The van der Waals surface area contributed by atoms with Crippen molar-refractivity contribution in [2.45, 2.75) is 31.4 Å². The number of unbranched alkanes of at least 4 members (excludes halogenated alkanes) is 2. The van der Waals surface area contributed by atoms with Crippen molar-refractivity contribution in [2.24, 2.45) is 5.73 Å². The molecule has 2 unspecified atom stereocenters. The first-order valence-corrected chi connectivity index (χ1v) is 5.54. The van der Waals surface area contributed by atoms with Gasteiger partial charge >= 0.3 is 0 Å². The molecule has 0 aromatic carbocycles. The Bertz CT molecular complexity index is 176. The molecule has 2 atom stereocenters. The molecule has 0 amide bonds. The zero-order chi connectivity index (χ0) is 9.40. The van der Waals surface area contributed by atoms with E-state index in [9.17, 15) is 4.21 Å². The summed E-state index contributed by atoms with van der Waals surface area (Å²) in [5.41, 5.74) is 5.36. The molecule has 2 N–H and O–H groups in total. The molecular weight excluding hydrogens is 172 g/mol. The first kappa shape index (κ1) is 11.6. The van der Waals surface area contributed by atoms with Crippen LogP contribution in [0.5, 0.6) is 0 Å². The average Bonchev–Trinajstić information content (AvgIpc) is 2.10. The molecule has 0 fully saturated rings. The zero-order valence-corrected chi connectivity index (χ0v) is 8.27. The van der Waals surface area contributed by atoms with E-state index in [2.05, 4.69) is 6.07 Å².